The van der Waals surface area contributed by atoms with Gasteiger partial charge in [-0.2, -0.15) is 0 Å². The summed E-state index contributed by atoms with van der Waals surface area (Å²) < 4.78 is 26.6. The molecule has 0 aromatic carbocycles. The van der Waals surface area contributed by atoms with Crippen molar-refractivity contribution >= 4 is 0 Å². The highest BCUT2D eigenvalue weighted by molar-refractivity contribution is 4.87. The van der Waals surface area contributed by atoms with Crippen LogP contribution in [0.2, 0.25) is 0 Å². The van der Waals surface area contributed by atoms with Crippen LogP contribution in [0.5, 0.6) is 0 Å². The monoisotopic (exact) mass is 178 g/mol. The quantitative estimate of drug-likeness (QED) is 0.661. The third-order valence-electron chi connectivity index (χ3n) is 2.49. The summed E-state index contributed by atoms with van der Waals surface area (Å²) in [5.41, 5.74) is 5.23. The lowest BCUT2D eigenvalue weighted by atomic mass is 9.88. The number of alkyl halides is 2. The van der Waals surface area contributed by atoms with Crippen molar-refractivity contribution in [1.82, 2.24) is 5.32 Å². The van der Waals surface area contributed by atoms with Gasteiger partial charge in [-0.05, 0) is 32.9 Å². The van der Waals surface area contributed by atoms with Crippen LogP contribution < -0.4 is 11.1 Å². The molecule has 1 atom stereocenters. The Kier molecular flexibility index (Phi) is 3.01. The first-order valence-corrected chi connectivity index (χ1v) is 4.39. The Balaban J connectivity index is 2.53. The number of halogens is 2. The molecule has 1 unspecified atom stereocenters. The predicted octanol–water partition coefficient (Wildman–Crippen LogP) is 0.969. The van der Waals surface area contributed by atoms with E-state index in [1.54, 1.807) is 0 Å². The van der Waals surface area contributed by atoms with E-state index in [1.807, 2.05) is 0 Å². The van der Waals surface area contributed by atoms with Crippen molar-refractivity contribution in [3.05, 3.63) is 0 Å². The van der Waals surface area contributed by atoms with Crippen LogP contribution in [0, 0.1) is 5.92 Å². The molecule has 1 rings (SSSR count). The molecule has 4 heteroatoms. The van der Waals surface area contributed by atoms with Gasteiger partial charge in [-0.15, -0.1) is 0 Å². The highest BCUT2D eigenvalue weighted by atomic mass is 19.3. The fraction of sp³-hybridized carbons (Fsp3) is 1.00. The first-order chi connectivity index (χ1) is 5.55. The molecule has 0 spiro atoms. The average Bonchev–Trinajstić information content (AvgIpc) is 2.06. The van der Waals surface area contributed by atoms with Gasteiger partial charge in [0.2, 0.25) is 0 Å². The summed E-state index contributed by atoms with van der Waals surface area (Å²) in [5.74, 6) is -3.22. The number of hydrogen-bond acceptors (Lipinski definition) is 2. The molecule has 0 bridgehead atoms. The molecule has 0 aromatic heterocycles. The second-order valence-electron chi connectivity index (χ2n) is 3.49. The first kappa shape index (κ1) is 9.86. The minimum Gasteiger partial charge on any atom is -0.323 e. The highest BCUT2D eigenvalue weighted by Gasteiger charge is 2.42. The molecule has 12 heavy (non-hydrogen) atoms. The second kappa shape index (κ2) is 3.66. The van der Waals surface area contributed by atoms with Gasteiger partial charge in [0.15, 0.2) is 0 Å². The van der Waals surface area contributed by atoms with Crippen molar-refractivity contribution in [1.29, 1.82) is 0 Å². The molecule has 1 saturated heterocycles. The molecule has 1 aliphatic heterocycles. The Morgan fingerprint density at radius 2 is 1.92 bits per heavy atom. The Bertz CT molecular complexity index is 142. The lowest BCUT2D eigenvalue weighted by Crippen LogP contribution is -2.48. The van der Waals surface area contributed by atoms with E-state index in [9.17, 15) is 8.78 Å². The average molecular weight is 178 g/mol. The van der Waals surface area contributed by atoms with Gasteiger partial charge in [0, 0.05) is 5.92 Å². The van der Waals surface area contributed by atoms with Gasteiger partial charge in [-0.1, -0.05) is 0 Å². The number of nitrogens with one attached hydrogen (secondary N) is 1. The Morgan fingerprint density at radius 1 is 1.42 bits per heavy atom. The third kappa shape index (κ3) is 1.93. The molecule has 1 fully saturated rings. The maximum absolute atomic E-state index is 13.3. The maximum atomic E-state index is 13.3. The summed E-state index contributed by atoms with van der Waals surface area (Å²) in [6, 6.07) is -1.03. The van der Waals surface area contributed by atoms with Crippen LogP contribution >= 0.6 is 0 Å². The maximum Gasteiger partial charge on any atom is 0.265 e. The van der Waals surface area contributed by atoms with E-state index < -0.39 is 17.9 Å². The van der Waals surface area contributed by atoms with Crippen molar-refractivity contribution in [3.63, 3.8) is 0 Å². The number of nitrogens with two attached hydrogens (primary N) is 1. The van der Waals surface area contributed by atoms with Gasteiger partial charge in [0.1, 0.15) is 0 Å². The zero-order valence-corrected chi connectivity index (χ0v) is 7.32. The van der Waals surface area contributed by atoms with Crippen LogP contribution in [0.15, 0.2) is 0 Å². The fourth-order valence-corrected chi connectivity index (χ4v) is 1.58. The molecule has 72 valence electrons. The SMILES string of the molecule is CC(N)C(F)(F)C1CCNCC1. The van der Waals surface area contributed by atoms with Crippen LogP contribution in [0.4, 0.5) is 8.78 Å². The predicted molar refractivity (Wildman–Crippen MR) is 44.2 cm³/mol. The Labute approximate surface area is 71.5 Å². The first-order valence-electron chi connectivity index (χ1n) is 4.39. The van der Waals surface area contributed by atoms with Crippen LogP contribution in [-0.2, 0) is 0 Å². The number of hydrogen-bond donors (Lipinski definition) is 2. The number of piperidine rings is 1. The van der Waals surface area contributed by atoms with Crippen LogP contribution in [0.1, 0.15) is 19.8 Å². The zero-order valence-electron chi connectivity index (χ0n) is 7.32. The van der Waals surface area contributed by atoms with E-state index >= 15 is 0 Å². The zero-order chi connectivity index (χ0) is 9.19. The molecule has 0 saturated carbocycles. The molecule has 1 aliphatic rings. The summed E-state index contributed by atoms with van der Waals surface area (Å²) in [5, 5.41) is 3.05. The van der Waals surface area contributed by atoms with E-state index in [0.717, 1.165) is 0 Å². The molecule has 0 amide bonds. The normalized spacial score (nSPS) is 24.0. The van der Waals surface area contributed by atoms with E-state index in [0.29, 0.717) is 25.9 Å². The lowest BCUT2D eigenvalue weighted by Gasteiger charge is -2.32. The topological polar surface area (TPSA) is 38.0 Å². The second-order valence-corrected chi connectivity index (χ2v) is 3.49. The molecule has 0 aliphatic carbocycles. The molecule has 1 heterocycles. The van der Waals surface area contributed by atoms with Gasteiger partial charge in [-0.25, -0.2) is 8.78 Å². The van der Waals surface area contributed by atoms with Crippen LogP contribution in [-0.4, -0.2) is 25.1 Å². The van der Waals surface area contributed by atoms with Gasteiger partial charge in [0.25, 0.3) is 5.92 Å². The molecule has 2 nitrogen and oxygen atoms in total. The van der Waals surface area contributed by atoms with E-state index in [2.05, 4.69) is 5.32 Å². The third-order valence-corrected chi connectivity index (χ3v) is 2.49. The lowest BCUT2D eigenvalue weighted by molar-refractivity contribution is -0.0845. The summed E-state index contributed by atoms with van der Waals surface area (Å²) in [7, 11) is 0. The van der Waals surface area contributed by atoms with Gasteiger partial charge >= 0.3 is 0 Å². The summed E-state index contributed by atoms with van der Waals surface area (Å²) in [6.45, 7) is 2.75. The van der Waals surface area contributed by atoms with Gasteiger partial charge in [-0.3, -0.25) is 0 Å². The summed E-state index contributed by atoms with van der Waals surface area (Å²) in [6.07, 6.45) is 1.07. The van der Waals surface area contributed by atoms with Crippen molar-refractivity contribution < 1.29 is 8.78 Å². The smallest absolute Gasteiger partial charge is 0.265 e. The van der Waals surface area contributed by atoms with E-state index in [1.165, 1.54) is 6.92 Å². The molecular weight excluding hydrogens is 162 g/mol. The van der Waals surface area contributed by atoms with Crippen LogP contribution in [0.25, 0.3) is 0 Å². The molecule has 0 aromatic rings. The minimum absolute atomic E-state index is 0.529. The Hall–Kier alpha value is -0.220. The summed E-state index contributed by atoms with van der Waals surface area (Å²) >= 11 is 0. The fourth-order valence-electron chi connectivity index (χ4n) is 1.58. The van der Waals surface area contributed by atoms with Crippen molar-refractivity contribution in [2.45, 2.75) is 31.7 Å². The molecule has 3 N–H and O–H groups in total. The van der Waals surface area contributed by atoms with Crippen molar-refractivity contribution in [2.24, 2.45) is 11.7 Å². The highest BCUT2D eigenvalue weighted by Crippen LogP contribution is 2.33. The van der Waals surface area contributed by atoms with Crippen LogP contribution in [0.3, 0.4) is 0 Å². The van der Waals surface area contributed by atoms with E-state index in [-0.39, 0.29) is 0 Å². The Morgan fingerprint density at radius 3 is 2.33 bits per heavy atom. The van der Waals surface area contributed by atoms with Gasteiger partial charge in [0.05, 0.1) is 6.04 Å². The molecule has 0 radical (unpaired) electrons. The summed E-state index contributed by atoms with van der Waals surface area (Å²) in [4.78, 5) is 0. The molecular formula is C8H16F2N2. The number of rotatable bonds is 2. The van der Waals surface area contributed by atoms with Crippen molar-refractivity contribution in [3.8, 4) is 0 Å². The minimum atomic E-state index is -2.69. The van der Waals surface area contributed by atoms with Gasteiger partial charge < -0.3 is 11.1 Å². The standard InChI is InChI=1S/C8H16F2N2/c1-6(11)8(9,10)7-2-4-12-5-3-7/h6-7,12H,2-5,11H2,1H3. The largest absolute Gasteiger partial charge is 0.323 e. The van der Waals surface area contributed by atoms with E-state index in [4.69, 9.17) is 5.73 Å². The van der Waals surface area contributed by atoms with Crippen molar-refractivity contribution in [2.75, 3.05) is 13.1 Å².